The summed E-state index contributed by atoms with van der Waals surface area (Å²) in [5.74, 6) is -1.44. The zero-order valence-corrected chi connectivity index (χ0v) is 16.2. The second kappa shape index (κ2) is 7.10. The highest BCUT2D eigenvalue weighted by Gasteiger charge is 2.36. The summed E-state index contributed by atoms with van der Waals surface area (Å²) in [4.78, 5) is 22.5. The minimum atomic E-state index is -4.45. The Morgan fingerprint density at radius 3 is 2.68 bits per heavy atom. The largest absolute Gasteiger partial charge is 0.417 e. The average Bonchev–Trinajstić information content (AvgIpc) is 3.17. The fourth-order valence-electron chi connectivity index (χ4n) is 4.24. The molecular weight excluding hydrogens is 416 g/mol. The van der Waals surface area contributed by atoms with Crippen LogP contribution in [0.15, 0.2) is 35.5 Å². The van der Waals surface area contributed by atoms with Crippen molar-refractivity contribution in [2.24, 2.45) is 16.6 Å². The van der Waals surface area contributed by atoms with E-state index in [9.17, 15) is 22.4 Å². The van der Waals surface area contributed by atoms with Crippen LogP contribution in [-0.2, 0) is 10.9 Å². The molecule has 1 aromatic heterocycles. The third-order valence-corrected chi connectivity index (χ3v) is 6.07. The number of benzene rings is 1. The van der Waals surface area contributed by atoms with Crippen LogP contribution in [0.1, 0.15) is 27.5 Å². The normalized spacial score (nSPS) is 23.1. The molecule has 31 heavy (non-hydrogen) atoms. The molecule has 2 saturated heterocycles. The molecule has 2 N–H and O–H groups in total. The third kappa shape index (κ3) is 3.39. The smallest absolute Gasteiger partial charge is 0.376 e. The molecule has 0 spiro atoms. The van der Waals surface area contributed by atoms with Gasteiger partial charge in [-0.2, -0.15) is 13.2 Å². The number of nitrogens with zero attached hydrogens (tertiary/aromatic N) is 3. The Hall–Kier alpha value is -2.85. The van der Waals surface area contributed by atoms with E-state index in [1.54, 1.807) is 0 Å². The van der Waals surface area contributed by atoms with Crippen molar-refractivity contribution < 1.29 is 27.1 Å². The van der Waals surface area contributed by atoms with Crippen LogP contribution in [0.4, 0.5) is 17.6 Å². The molecule has 2 fully saturated rings. The van der Waals surface area contributed by atoms with E-state index in [0.717, 1.165) is 17.8 Å². The fourth-order valence-corrected chi connectivity index (χ4v) is 4.24. The van der Waals surface area contributed by atoms with Crippen LogP contribution >= 0.6 is 0 Å². The van der Waals surface area contributed by atoms with Gasteiger partial charge in [-0.25, -0.2) is 4.39 Å². The van der Waals surface area contributed by atoms with Crippen molar-refractivity contribution >= 4 is 11.5 Å². The zero-order valence-electron chi connectivity index (χ0n) is 16.2. The van der Waals surface area contributed by atoms with Crippen LogP contribution in [0.3, 0.4) is 0 Å². The standard InChI is InChI=1S/C21H18F4N4O2/c22-16-4-18-12(14-8-31-9-15(14)19(26)28-18)3-13(16)20(30)29-6-10(7-29)17-2-1-11(5-27-17)21(23,24)25/h1-5,10,15,19H,6-9,26H2. The van der Waals surface area contributed by atoms with Gasteiger partial charge in [0.25, 0.3) is 5.91 Å². The van der Waals surface area contributed by atoms with E-state index < -0.39 is 29.6 Å². The highest BCUT2D eigenvalue weighted by molar-refractivity contribution is 5.95. The van der Waals surface area contributed by atoms with Crippen molar-refractivity contribution in [1.29, 1.82) is 0 Å². The number of fused-ring (bicyclic) bond motifs is 2. The van der Waals surface area contributed by atoms with E-state index in [0.29, 0.717) is 29.5 Å². The summed E-state index contributed by atoms with van der Waals surface area (Å²) in [6.45, 7) is 1.32. The number of likely N-dealkylation sites (tertiary alicyclic amines) is 1. The van der Waals surface area contributed by atoms with Crippen molar-refractivity contribution in [3.05, 3.63) is 63.7 Å². The van der Waals surface area contributed by atoms with Crippen molar-refractivity contribution in [1.82, 2.24) is 9.88 Å². The summed E-state index contributed by atoms with van der Waals surface area (Å²) in [6, 6.07) is 5.01. The predicted octanol–water partition coefficient (Wildman–Crippen LogP) is 1.19. The Labute approximate surface area is 174 Å². The molecule has 0 radical (unpaired) electrons. The summed E-state index contributed by atoms with van der Waals surface area (Å²) in [7, 11) is 0. The molecule has 5 rings (SSSR count). The van der Waals surface area contributed by atoms with Crippen molar-refractivity contribution in [3.63, 3.8) is 0 Å². The van der Waals surface area contributed by atoms with Gasteiger partial charge in [0.1, 0.15) is 12.0 Å². The lowest BCUT2D eigenvalue weighted by Gasteiger charge is -2.39. The molecule has 2 unspecified atom stereocenters. The quantitative estimate of drug-likeness (QED) is 0.721. The lowest BCUT2D eigenvalue weighted by molar-refractivity contribution is -0.137. The zero-order chi connectivity index (χ0) is 21.9. The van der Waals surface area contributed by atoms with E-state index in [1.807, 2.05) is 0 Å². The van der Waals surface area contributed by atoms with Gasteiger partial charge in [0, 0.05) is 48.1 Å². The number of carbonyl (C=O) groups excluding carboxylic acids is 1. The molecule has 162 valence electrons. The molecule has 3 aliphatic rings. The van der Waals surface area contributed by atoms with E-state index in [4.69, 9.17) is 10.5 Å². The van der Waals surface area contributed by atoms with Gasteiger partial charge in [-0.05, 0) is 23.8 Å². The van der Waals surface area contributed by atoms with Crippen LogP contribution in [0, 0.1) is 11.7 Å². The minimum Gasteiger partial charge on any atom is -0.376 e. The Bertz CT molecular complexity index is 1170. The number of carbonyl (C=O) groups is 1. The Kier molecular flexibility index (Phi) is 4.60. The molecule has 4 heterocycles. The summed E-state index contributed by atoms with van der Waals surface area (Å²) < 4.78 is 58.2. The molecule has 2 atom stereocenters. The SMILES string of the molecule is NC1N=c2cc(F)c(C(=O)N3CC(c4ccc(C(F)(F)F)cn4)C3)cc2=C2COCC21. The lowest BCUT2D eigenvalue weighted by Crippen LogP contribution is -2.50. The third-order valence-electron chi connectivity index (χ3n) is 6.07. The number of hydrogen-bond donors (Lipinski definition) is 1. The van der Waals surface area contributed by atoms with Gasteiger partial charge >= 0.3 is 6.18 Å². The van der Waals surface area contributed by atoms with Crippen molar-refractivity contribution in [3.8, 4) is 0 Å². The highest BCUT2D eigenvalue weighted by Crippen LogP contribution is 2.32. The van der Waals surface area contributed by atoms with E-state index >= 15 is 0 Å². The van der Waals surface area contributed by atoms with Gasteiger partial charge in [-0.3, -0.25) is 14.8 Å². The van der Waals surface area contributed by atoms with Crippen molar-refractivity contribution in [2.75, 3.05) is 26.3 Å². The Balaban J connectivity index is 1.36. The molecule has 2 aromatic rings. The highest BCUT2D eigenvalue weighted by atomic mass is 19.4. The second-order valence-electron chi connectivity index (χ2n) is 7.99. The first kappa shape index (κ1) is 20.1. The molecule has 3 aliphatic heterocycles. The average molecular weight is 434 g/mol. The first-order valence-corrected chi connectivity index (χ1v) is 9.78. The number of halogens is 4. The Morgan fingerprint density at radius 1 is 1.23 bits per heavy atom. The van der Waals surface area contributed by atoms with Gasteiger partial charge in [0.05, 0.1) is 29.7 Å². The topological polar surface area (TPSA) is 80.8 Å². The number of alkyl halides is 3. The van der Waals surface area contributed by atoms with Gasteiger partial charge < -0.3 is 15.4 Å². The van der Waals surface area contributed by atoms with Gasteiger partial charge in [0.2, 0.25) is 0 Å². The second-order valence-corrected chi connectivity index (χ2v) is 7.99. The number of rotatable bonds is 2. The lowest BCUT2D eigenvalue weighted by atomic mass is 9.92. The molecule has 1 amide bonds. The van der Waals surface area contributed by atoms with Gasteiger partial charge in [-0.15, -0.1) is 0 Å². The van der Waals surface area contributed by atoms with Crippen molar-refractivity contribution in [2.45, 2.75) is 18.3 Å². The maximum Gasteiger partial charge on any atom is 0.417 e. The number of pyridine rings is 1. The number of nitrogens with two attached hydrogens (primary N) is 1. The number of aromatic nitrogens is 1. The minimum absolute atomic E-state index is 0.0681. The van der Waals surface area contributed by atoms with Crippen LogP contribution in [-0.4, -0.2) is 48.3 Å². The summed E-state index contributed by atoms with van der Waals surface area (Å²) >= 11 is 0. The molecule has 0 bridgehead atoms. The summed E-state index contributed by atoms with van der Waals surface area (Å²) in [5, 5.41) is 1.09. The molecule has 0 saturated carbocycles. The van der Waals surface area contributed by atoms with Crippen LogP contribution < -0.4 is 16.3 Å². The molecule has 1 aromatic carbocycles. The maximum atomic E-state index is 14.7. The van der Waals surface area contributed by atoms with E-state index in [-0.39, 0.29) is 30.5 Å². The van der Waals surface area contributed by atoms with Gasteiger partial charge in [-0.1, -0.05) is 0 Å². The summed E-state index contributed by atoms with van der Waals surface area (Å²) in [5.41, 5.74) is 6.53. The molecule has 10 heteroatoms. The Morgan fingerprint density at radius 2 is 2.00 bits per heavy atom. The number of ether oxygens (including phenoxy) is 1. The first-order valence-electron chi connectivity index (χ1n) is 9.78. The molecule has 6 nitrogen and oxygen atoms in total. The van der Waals surface area contributed by atoms with Gasteiger partial charge in [0.15, 0.2) is 0 Å². The monoisotopic (exact) mass is 434 g/mol. The van der Waals surface area contributed by atoms with Crippen LogP contribution in [0.5, 0.6) is 0 Å². The fraction of sp³-hybridized carbons (Fsp3) is 0.381. The van der Waals surface area contributed by atoms with Crippen LogP contribution in [0.25, 0.3) is 5.57 Å². The van der Waals surface area contributed by atoms with E-state index in [1.165, 1.54) is 23.1 Å². The number of amides is 1. The molecular formula is C21H18F4N4O2. The predicted molar refractivity (Wildman–Crippen MR) is 101 cm³/mol. The van der Waals surface area contributed by atoms with E-state index in [2.05, 4.69) is 9.98 Å². The number of hydrogen-bond acceptors (Lipinski definition) is 5. The van der Waals surface area contributed by atoms with Crippen LogP contribution in [0.2, 0.25) is 0 Å². The first-order chi connectivity index (χ1) is 14.7. The maximum absolute atomic E-state index is 14.7. The molecule has 0 aliphatic carbocycles. The summed E-state index contributed by atoms with van der Waals surface area (Å²) in [6.07, 6.45) is -4.17.